The van der Waals surface area contributed by atoms with E-state index in [4.69, 9.17) is 50.2 Å². The maximum atomic E-state index is 15.1. The lowest BCUT2D eigenvalue weighted by atomic mass is 9.89. The predicted molar refractivity (Wildman–Crippen MR) is 285 cm³/mol. The van der Waals surface area contributed by atoms with Gasteiger partial charge in [0.2, 0.25) is 12.2 Å². The fourth-order valence-corrected chi connectivity index (χ4v) is 9.30. The first-order chi connectivity index (χ1) is 37.2. The number of phenols is 1. The second kappa shape index (κ2) is 23.7. The molecule has 0 saturated carbocycles. The summed E-state index contributed by atoms with van der Waals surface area (Å²) < 4.78 is 53.4. The number of aliphatic hydroxyl groups is 2. The lowest BCUT2D eigenvalue weighted by molar-refractivity contribution is -0.304. The molecule has 23 heteroatoms. The number of aromatic nitrogens is 4. The molecule has 7 aromatic rings. The number of primary amides is 1. The number of carbonyl (C=O) groups excluding carboxylic acids is 2. The average Bonchev–Trinajstić information content (AvgIpc) is 3.48. The molecule has 410 valence electrons. The number of aliphatic hydroxyl groups excluding tert-OH is 2. The molecule has 4 unspecified atom stereocenters. The number of fused-ring (bicyclic) bond motifs is 2. The van der Waals surface area contributed by atoms with Gasteiger partial charge in [0.15, 0.2) is 23.6 Å². The van der Waals surface area contributed by atoms with Crippen LogP contribution in [0.3, 0.4) is 0 Å². The van der Waals surface area contributed by atoms with Gasteiger partial charge in [-0.25, -0.2) is 23.9 Å². The number of rotatable bonds is 13. The maximum Gasteiger partial charge on any atom is 0.404 e. The Morgan fingerprint density at radius 1 is 1.00 bits per heavy atom. The molecule has 0 aliphatic carbocycles. The van der Waals surface area contributed by atoms with E-state index in [1.807, 2.05) is 38.1 Å². The third-order valence-electron chi connectivity index (χ3n) is 13.1. The molecule has 0 radical (unpaired) electrons. The van der Waals surface area contributed by atoms with Gasteiger partial charge in [-0.2, -0.15) is 0 Å². The van der Waals surface area contributed by atoms with Gasteiger partial charge >= 0.3 is 11.7 Å². The molecular formula is C55H57ClFN7O14. The van der Waals surface area contributed by atoms with E-state index < -0.39 is 71.2 Å². The lowest BCUT2D eigenvalue weighted by Gasteiger charge is -2.47. The third kappa shape index (κ3) is 12.1. The highest BCUT2D eigenvalue weighted by Crippen LogP contribution is 2.40. The molecule has 2 fully saturated rings. The molecule has 4 aromatic carbocycles. The maximum absolute atomic E-state index is 15.1. The average molecular weight is 1090 g/mol. The zero-order chi connectivity index (χ0) is 56.2. The number of nitrogens with two attached hydrogens (primary N) is 1. The van der Waals surface area contributed by atoms with Crippen LogP contribution in [0.15, 0.2) is 100.0 Å². The summed E-state index contributed by atoms with van der Waals surface area (Å²) >= 11 is 6.30. The molecule has 9 rings (SSSR count). The van der Waals surface area contributed by atoms with Gasteiger partial charge in [-0.15, -0.1) is 10.2 Å². The molecule has 78 heavy (non-hydrogen) atoms. The Hall–Kier alpha value is -7.99. The number of anilines is 2. The minimum Gasteiger partial charge on any atom is -0.508 e. The molecule has 0 spiro atoms. The van der Waals surface area contributed by atoms with Gasteiger partial charge in [0.1, 0.15) is 41.4 Å². The minimum atomic E-state index is -1.52. The summed E-state index contributed by atoms with van der Waals surface area (Å²) in [4.78, 5) is 48.5. The first-order valence-electron chi connectivity index (χ1n) is 24.4. The number of carbonyl (C=O) groups is 2. The molecule has 3 aromatic heterocycles. The molecule has 2 amide bonds. The number of methoxy groups -OCH3 is 2. The molecule has 21 nitrogen and oxygen atoms in total. The number of aryl methyl sites for hydroxylation is 1. The number of amides is 2. The van der Waals surface area contributed by atoms with Crippen molar-refractivity contribution in [1.82, 2.24) is 20.2 Å². The van der Waals surface area contributed by atoms with E-state index in [0.717, 1.165) is 24.4 Å². The van der Waals surface area contributed by atoms with Crippen molar-refractivity contribution in [2.45, 2.75) is 77.3 Å². The number of ether oxygens (including phenoxy) is 6. The van der Waals surface area contributed by atoms with Crippen LogP contribution >= 0.6 is 11.6 Å². The standard InChI is InChI=1S/C31H36N2O11.C24H21ClFN5O3/c1-14(2)7-8-16-13-17(9-11-19(16)34)27(37)33-21-22(35)18-10-12-20(15(3)24(18)42-28(21)38)41-29-23(36)25(43-30(32)39)26(40-6)31(4,5)44-29;1-33-22-5-4-20(29-30-22)24(32)16-11-17(19(26)12-18(16)25)23-15-3-2-14(10-21(15)27-13-28-23)31-6-8-34-9-7-31/h7,9-13,23,25-26,29,34-36H,8H2,1-6H3,(H2,32,39)(H,33,37);2-5,10-13,24,32H,6-9H2,1H3/t;24-/m.0/s1. The molecule has 2 saturated heterocycles. The zero-order valence-corrected chi connectivity index (χ0v) is 44.2. The van der Waals surface area contributed by atoms with Crippen LogP contribution in [-0.2, 0) is 25.4 Å². The van der Waals surface area contributed by atoms with Crippen LogP contribution in [0.25, 0.3) is 33.1 Å². The Morgan fingerprint density at radius 3 is 2.42 bits per heavy atom. The Kier molecular flexibility index (Phi) is 17.1. The summed E-state index contributed by atoms with van der Waals surface area (Å²) in [6, 6.07) is 18.7. The van der Waals surface area contributed by atoms with Crippen LogP contribution in [0.2, 0.25) is 5.02 Å². The highest BCUT2D eigenvalue weighted by Gasteiger charge is 2.53. The van der Waals surface area contributed by atoms with E-state index in [9.17, 15) is 34.8 Å². The zero-order valence-electron chi connectivity index (χ0n) is 43.4. The summed E-state index contributed by atoms with van der Waals surface area (Å²) in [5.74, 6) is -1.33. The number of hydrogen-bond donors (Lipinski definition) is 6. The van der Waals surface area contributed by atoms with E-state index in [-0.39, 0.29) is 55.4 Å². The fraction of sp³-hybridized carbons (Fsp3) is 0.327. The van der Waals surface area contributed by atoms with Crippen LogP contribution in [0.1, 0.15) is 66.5 Å². The van der Waals surface area contributed by atoms with Crippen LogP contribution < -0.4 is 31.0 Å². The van der Waals surface area contributed by atoms with E-state index in [1.54, 1.807) is 32.9 Å². The number of morpholine rings is 1. The van der Waals surface area contributed by atoms with Crippen LogP contribution in [-0.4, -0.2) is 123 Å². The summed E-state index contributed by atoms with van der Waals surface area (Å²) in [7, 11) is 2.84. The molecule has 7 N–H and O–H groups in total. The highest BCUT2D eigenvalue weighted by molar-refractivity contribution is 6.31. The minimum absolute atomic E-state index is 0.0183. The van der Waals surface area contributed by atoms with E-state index >= 15 is 4.39 Å². The van der Waals surface area contributed by atoms with Crippen LogP contribution in [0.5, 0.6) is 23.1 Å². The van der Waals surface area contributed by atoms with Crippen molar-refractivity contribution < 1.29 is 67.2 Å². The van der Waals surface area contributed by atoms with Crippen LogP contribution in [0.4, 0.5) is 20.6 Å². The first kappa shape index (κ1) is 56.2. The topological polar surface area (TPSA) is 293 Å². The van der Waals surface area contributed by atoms with Crippen molar-refractivity contribution in [3.8, 4) is 34.4 Å². The highest BCUT2D eigenvalue weighted by atomic mass is 35.5. The smallest absolute Gasteiger partial charge is 0.404 e. The Balaban J connectivity index is 0.000000212. The molecular weight excluding hydrogens is 1040 g/mol. The van der Waals surface area contributed by atoms with Gasteiger partial charge in [-0.3, -0.25) is 4.79 Å². The van der Waals surface area contributed by atoms with Crippen molar-refractivity contribution in [1.29, 1.82) is 0 Å². The molecule has 2 aliphatic heterocycles. The van der Waals surface area contributed by atoms with Gasteiger partial charge in [0.05, 0.1) is 48.2 Å². The summed E-state index contributed by atoms with van der Waals surface area (Å²) in [5.41, 5.74) is 7.39. The number of halogens is 2. The number of nitrogens with one attached hydrogen (secondary N) is 1. The molecule has 5 atom stereocenters. The molecule has 2 aliphatic rings. The van der Waals surface area contributed by atoms with Gasteiger partial charge < -0.3 is 69.2 Å². The Morgan fingerprint density at radius 2 is 1.74 bits per heavy atom. The SMILES string of the molecule is COC1C(OC(N)=O)C(O)C(Oc2ccc3c(O)c(NC(=O)c4ccc(O)c(CC=C(C)C)c4)c(=O)oc3c2C)OC1(C)C.COc1ccc([C@@H](O)c2cc(-c3ncnc4cc(N5CCOCC5)ccc34)c(F)cc2Cl)nn1. The van der Waals surface area contributed by atoms with Crippen molar-refractivity contribution >= 4 is 56.8 Å². The van der Waals surface area contributed by atoms with Gasteiger partial charge in [0.25, 0.3) is 5.91 Å². The van der Waals surface area contributed by atoms with E-state index in [2.05, 4.69) is 30.4 Å². The quantitative estimate of drug-likeness (QED) is 0.0483. The first-order valence-corrected chi connectivity index (χ1v) is 24.8. The lowest BCUT2D eigenvalue weighted by Crippen LogP contribution is -2.65. The molecule has 5 heterocycles. The monoisotopic (exact) mass is 1090 g/mol. The number of allylic oxidation sites excluding steroid dienone is 2. The Bertz CT molecular complexity index is 3460. The van der Waals surface area contributed by atoms with Crippen molar-refractivity contribution in [2.75, 3.05) is 50.7 Å². The normalized spacial score (nSPS) is 18.3. The largest absolute Gasteiger partial charge is 0.508 e. The van der Waals surface area contributed by atoms with Crippen molar-refractivity contribution in [2.24, 2.45) is 5.73 Å². The van der Waals surface area contributed by atoms with Crippen molar-refractivity contribution in [3.63, 3.8) is 0 Å². The number of benzene rings is 4. The summed E-state index contributed by atoms with van der Waals surface area (Å²) in [6.07, 6.45) is -3.62. The predicted octanol–water partition coefficient (Wildman–Crippen LogP) is 7.43. The third-order valence-corrected chi connectivity index (χ3v) is 13.4. The van der Waals surface area contributed by atoms with Gasteiger partial charge in [0, 0.05) is 64.6 Å². The number of hydrogen-bond acceptors (Lipinski definition) is 19. The second-order valence-corrected chi connectivity index (χ2v) is 19.4. The second-order valence-electron chi connectivity index (χ2n) is 19.0. The van der Waals surface area contributed by atoms with Gasteiger partial charge in [-0.05, 0) is 113 Å². The number of nitrogens with zero attached hydrogens (tertiary/aromatic N) is 5. The number of phenolic OH excluding ortho intramolecular Hbond substituents is 1. The van der Waals surface area contributed by atoms with Gasteiger partial charge in [-0.1, -0.05) is 23.3 Å². The summed E-state index contributed by atoms with van der Waals surface area (Å²) in [5, 5.41) is 54.1. The van der Waals surface area contributed by atoms with E-state index in [0.29, 0.717) is 47.7 Å². The fourth-order valence-electron chi connectivity index (χ4n) is 9.04. The Labute approximate surface area is 450 Å². The summed E-state index contributed by atoms with van der Waals surface area (Å²) in [6.45, 7) is 11.6. The van der Waals surface area contributed by atoms with E-state index in [1.165, 1.54) is 63.0 Å². The van der Waals surface area contributed by atoms with Crippen molar-refractivity contribution in [3.05, 3.63) is 140 Å². The number of aromatic hydroxyl groups is 2. The molecule has 0 bridgehead atoms. The van der Waals surface area contributed by atoms with Crippen LogP contribution in [0, 0.1) is 12.7 Å².